The Balaban J connectivity index is 1.76. The lowest BCUT2D eigenvalue weighted by Gasteiger charge is -2.12. The number of nitrogens with one attached hydrogen (secondary N) is 2. The van der Waals surface area contributed by atoms with Crippen LogP contribution < -0.4 is 11.1 Å². The zero-order valence-corrected chi connectivity index (χ0v) is 12.5. The standard InChI is InChI=1S/C16H22N4O/c1-11-5-7-13(8-6-11)15(17)16(21)18-9-3-4-14-10-19-20-12(14)2/h5-8,10,15H,3-4,9,17H2,1-2H3,(H,18,21)(H,19,20). The molecule has 1 aromatic carbocycles. The van der Waals surface area contributed by atoms with Crippen LogP contribution in [0.4, 0.5) is 0 Å². The van der Waals surface area contributed by atoms with Crippen LogP contribution in [0.25, 0.3) is 0 Å². The highest BCUT2D eigenvalue weighted by Gasteiger charge is 2.14. The molecule has 1 heterocycles. The summed E-state index contributed by atoms with van der Waals surface area (Å²) in [4.78, 5) is 12.0. The number of amides is 1. The molecule has 0 aliphatic rings. The molecule has 0 aliphatic heterocycles. The monoisotopic (exact) mass is 286 g/mol. The van der Waals surface area contributed by atoms with Crippen molar-refractivity contribution in [3.05, 3.63) is 52.8 Å². The second-order valence-electron chi connectivity index (χ2n) is 5.30. The van der Waals surface area contributed by atoms with Crippen molar-refractivity contribution in [3.8, 4) is 0 Å². The van der Waals surface area contributed by atoms with E-state index in [4.69, 9.17) is 5.73 Å². The van der Waals surface area contributed by atoms with Crippen molar-refractivity contribution < 1.29 is 4.79 Å². The van der Waals surface area contributed by atoms with Gasteiger partial charge in [0.2, 0.25) is 5.91 Å². The van der Waals surface area contributed by atoms with E-state index >= 15 is 0 Å². The summed E-state index contributed by atoms with van der Waals surface area (Å²) < 4.78 is 0. The van der Waals surface area contributed by atoms with Crippen LogP contribution in [0.5, 0.6) is 0 Å². The summed E-state index contributed by atoms with van der Waals surface area (Å²) in [5.41, 5.74) is 10.2. The van der Waals surface area contributed by atoms with Gasteiger partial charge in [0.1, 0.15) is 6.04 Å². The molecule has 2 rings (SSSR count). The minimum Gasteiger partial charge on any atom is -0.354 e. The minimum absolute atomic E-state index is 0.136. The average molecular weight is 286 g/mol. The zero-order chi connectivity index (χ0) is 15.2. The van der Waals surface area contributed by atoms with Gasteiger partial charge in [0.15, 0.2) is 0 Å². The van der Waals surface area contributed by atoms with Gasteiger partial charge >= 0.3 is 0 Å². The van der Waals surface area contributed by atoms with E-state index in [0.717, 1.165) is 29.7 Å². The molecule has 0 aliphatic carbocycles. The quantitative estimate of drug-likeness (QED) is 0.708. The second kappa shape index (κ2) is 7.04. The van der Waals surface area contributed by atoms with Gasteiger partial charge in [-0.3, -0.25) is 9.89 Å². The molecule has 21 heavy (non-hydrogen) atoms. The molecule has 2 aromatic rings. The smallest absolute Gasteiger partial charge is 0.241 e. The van der Waals surface area contributed by atoms with Crippen LogP contribution in [-0.2, 0) is 11.2 Å². The van der Waals surface area contributed by atoms with Crippen molar-refractivity contribution >= 4 is 5.91 Å². The molecular formula is C16H22N4O. The minimum atomic E-state index is -0.610. The highest BCUT2D eigenvalue weighted by Crippen LogP contribution is 2.11. The number of aromatic amines is 1. The largest absolute Gasteiger partial charge is 0.354 e. The van der Waals surface area contributed by atoms with Crippen molar-refractivity contribution in [2.45, 2.75) is 32.7 Å². The van der Waals surface area contributed by atoms with E-state index in [-0.39, 0.29) is 5.91 Å². The van der Waals surface area contributed by atoms with E-state index in [2.05, 4.69) is 15.5 Å². The summed E-state index contributed by atoms with van der Waals surface area (Å²) in [5.74, 6) is -0.136. The number of H-pyrrole nitrogens is 1. The number of carbonyl (C=O) groups excluding carboxylic acids is 1. The predicted molar refractivity (Wildman–Crippen MR) is 82.8 cm³/mol. The Bertz CT molecular complexity index is 589. The van der Waals surface area contributed by atoms with Crippen LogP contribution >= 0.6 is 0 Å². The Kier molecular flexibility index (Phi) is 5.11. The van der Waals surface area contributed by atoms with Gasteiger partial charge in [-0.15, -0.1) is 0 Å². The SMILES string of the molecule is Cc1ccc(C(N)C(=O)NCCCc2cn[nH]c2C)cc1. The molecule has 0 saturated carbocycles. The molecule has 0 fully saturated rings. The van der Waals surface area contributed by atoms with Crippen LogP contribution in [-0.4, -0.2) is 22.6 Å². The van der Waals surface area contributed by atoms with Crippen LogP contribution in [0.1, 0.15) is 34.8 Å². The highest BCUT2D eigenvalue weighted by atomic mass is 16.2. The summed E-state index contributed by atoms with van der Waals surface area (Å²) in [6.07, 6.45) is 3.59. The first-order chi connectivity index (χ1) is 10.1. The third-order valence-electron chi connectivity index (χ3n) is 3.58. The molecule has 5 heteroatoms. The first kappa shape index (κ1) is 15.3. The summed E-state index contributed by atoms with van der Waals surface area (Å²) in [5, 5.41) is 9.77. The summed E-state index contributed by atoms with van der Waals surface area (Å²) >= 11 is 0. The predicted octanol–water partition coefficient (Wildman–Crippen LogP) is 1.78. The molecule has 0 saturated heterocycles. The Morgan fingerprint density at radius 2 is 2.05 bits per heavy atom. The van der Waals surface area contributed by atoms with Crippen molar-refractivity contribution in [2.75, 3.05) is 6.54 Å². The molecule has 0 radical (unpaired) electrons. The normalized spacial score (nSPS) is 12.1. The van der Waals surface area contributed by atoms with E-state index in [1.165, 1.54) is 5.56 Å². The zero-order valence-electron chi connectivity index (χ0n) is 12.5. The topological polar surface area (TPSA) is 83.8 Å². The molecule has 1 aromatic heterocycles. The van der Waals surface area contributed by atoms with Gasteiger partial charge in [-0.1, -0.05) is 29.8 Å². The van der Waals surface area contributed by atoms with E-state index in [1.807, 2.05) is 44.3 Å². The van der Waals surface area contributed by atoms with Gasteiger partial charge < -0.3 is 11.1 Å². The molecular weight excluding hydrogens is 264 g/mol. The Hall–Kier alpha value is -2.14. The number of nitrogens with zero attached hydrogens (tertiary/aromatic N) is 1. The summed E-state index contributed by atoms with van der Waals surface area (Å²) in [6.45, 7) is 4.62. The maximum atomic E-state index is 12.0. The molecule has 1 unspecified atom stereocenters. The number of aromatic nitrogens is 2. The van der Waals surface area contributed by atoms with Crippen molar-refractivity contribution in [1.82, 2.24) is 15.5 Å². The van der Waals surface area contributed by atoms with Gasteiger partial charge in [-0.05, 0) is 37.8 Å². The van der Waals surface area contributed by atoms with Crippen LogP contribution in [0.2, 0.25) is 0 Å². The van der Waals surface area contributed by atoms with Crippen molar-refractivity contribution in [2.24, 2.45) is 5.73 Å². The Morgan fingerprint density at radius 1 is 1.33 bits per heavy atom. The Morgan fingerprint density at radius 3 is 2.67 bits per heavy atom. The average Bonchev–Trinajstić information content (AvgIpc) is 2.89. The lowest BCUT2D eigenvalue weighted by atomic mass is 10.1. The Labute approximate surface area is 124 Å². The van der Waals surface area contributed by atoms with Gasteiger partial charge in [-0.25, -0.2) is 0 Å². The van der Waals surface area contributed by atoms with Gasteiger partial charge in [-0.2, -0.15) is 5.10 Å². The third kappa shape index (κ3) is 4.16. The van der Waals surface area contributed by atoms with E-state index in [1.54, 1.807) is 0 Å². The van der Waals surface area contributed by atoms with E-state index in [9.17, 15) is 4.79 Å². The first-order valence-corrected chi connectivity index (χ1v) is 7.16. The third-order valence-corrected chi connectivity index (χ3v) is 3.58. The summed E-state index contributed by atoms with van der Waals surface area (Å²) in [6, 6.07) is 7.11. The van der Waals surface area contributed by atoms with E-state index < -0.39 is 6.04 Å². The first-order valence-electron chi connectivity index (χ1n) is 7.16. The highest BCUT2D eigenvalue weighted by molar-refractivity contribution is 5.82. The maximum Gasteiger partial charge on any atom is 0.241 e. The van der Waals surface area contributed by atoms with E-state index in [0.29, 0.717) is 6.54 Å². The molecule has 4 N–H and O–H groups in total. The van der Waals surface area contributed by atoms with Crippen LogP contribution in [0, 0.1) is 13.8 Å². The van der Waals surface area contributed by atoms with Gasteiger partial charge in [0, 0.05) is 12.2 Å². The number of benzene rings is 1. The lowest BCUT2D eigenvalue weighted by molar-refractivity contribution is -0.122. The number of rotatable bonds is 6. The number of nitrogens with two attached hydrogens (primary N) is 1. The molecule has 1 atom stereocenters. The second-order valence-corrected chi connectivity index (χ2v) is 5.30. The lowest BCUT2D eigenvalue weighted by Crippen LogP contribution is -2.34. The van der Waals surface area contributed by atoms with Crippen molar-refractivity contribution in [1.29, 1.82) is 0 Å². The van der Waals surface area contributed by atoms with Crippen LogP contribution in [0.3, 0.4) is 0 Å². The van der Waals surface area contributed by atoms with Crippen molar-refractivity contribution in [3.63, 3.8) is 0 Å². The fourth-order valence-electron chi connectivity index (χ4n) is 2.15. The molecule has 112 valence electrons. The fourth-order valence-corrected chi connectivity index (χ4v) is 2.15. The van der Waals surface area contributed by atoms with Gasteiger partial charge in [0.25, 0.3) is 0 Å². The fraction of sp³-hybridized carbons (Fsp3) is 0.375. The number of carbonyl (C=O) groups is 1. The number of hydrogen-bond donors (Lipinski definition) is 3. The number of aryl methyl sites for hydroxylation is 3. The number of hydrogen-bond acceptors (Lipinski definition) is 3. The van der Waals surface area contributed by atoms with Crippen LogP contribution in [0.15, 0.2) is 30.5 Å². The summed E-state index contributed by atoms with van der Waals surface area (Å²) in [7, 11) is 0. The van der Waals surface area contributed by atoms with Gasteiger partial charge in [0.05, 0.1) is 6.20 Å². The molecule has 5 nitrogen and oxygen atoms in total. The maximum absolute atomic E-state index is 12.0. The molecule has 0 bridgehead atoms. The molecule has 0 spiro atoms. The molecule has 1 amide bonds.